The molecule has 0 atom stereocenters. The largest absolute Gasteiger partial charge is 0.508 e. The maximum atomic E-state index is 9.24. The molecule has 0 spiro atoms. The normalized spacial score (nSPS) is 9.62. The molecule has 0 saturated carbocycles. The van der Waals surface area contributed by atoms with E-state index in [0.717, 1.165) is 11.1 Å². The van der Waals surface area contributed by atoms with Crippen molar-refractivity contribution in [2.45, 2.75) is 13.5 Å². The van der Waals surface area contributed by atoms with Crippen molar-refractivity contribution in [1.82, 2.24) is 0 Å². The minimum absolute atomic E-state index is 0.200. The number of aromatic hydroxyl groups is 1. The highest BCUT2D eigenvalue weighted by molar-refractivity contribution is 5.34. The fraction of sp³-hybridized carbons (Fsp3) is 0.200. The Labute approximate surface area is 77.4 Å². The van der Waals surface area contributed by atoms with Crippen LogP contribution >= 0.6 is 0 Å². The number of benzene rings is 1. The van der Waals surface area contributed by atoms with Gasteiger partial charge in [0.25, 0.3) is 0 Å². The van der Waals surface area contributed by atoms with Gasteiger partial charge in [-0.15, -0.1) is 0 Å². The zero-order chi connectivity index (χ0) is 9.84. The summed E-state index contributed by atoms with van der Waals surface area (Å²) in [5, 5.41) is 9.24. The molecule has 0 aliphatic rings. The van der Waals surface area contributed by atoms with Crippen LogP contribution in [0.3, 0.4) is 0 Å². The van der Waals surface area contributed by atoms with Crippen LogP contribution in [0.4, 0.5) is 0 Å². The van der Waals surface area contributed by atoms with Gasteiger partial charge in [0.15, 0.2) is 5.88 Å². The first-order valence-corrected chi connectivity index (χ1v) is 3.95. The summed E-state index contributed by atoms with van der Waals surface area (Å²) >= 11 is 0. The van der Waals surface area contributed by atoms with Gasteiger partial charge in [-0.1, -0.05) is 6.07 Å². The summed E-state index contributed by atoms with van der Waals surface area (Å²) in [7, 11) is 0. The predicted molar refractivity (Wildman–Crippen MR) is 51.0 cm³/mol. The summed E-state index contributed by atoms with van der Waals surface area (Å²) in [6.45, 7) is 5.63. The molecule has 3 nitrogen and oxygen atoms in total. The molecule has 0 bridgehead atoms. The highest BCUT2D eigenvalue weighted by Crippen LogP contribution is 2.17. The van der Waals surface area contributed by atoms with Gasteiger partial charge in [0.2, 0.25) is 0 Å². The summed E-state index contributed by atoms with van der Waals surface area (Å²) in [6.07, 6.45) is 0. The Hall–Kier alpha value is -1.64. The Kier molecular flexibility index (Phi) is 2.80. The molecule has 0 fully saturated rings. The van der Waals surface area contributed by atoms with Gasteiger partial charge in [-0.2, -0.15) is 0 Å². The standard InChI is InChI=1S/C10H13NO2/c1-7-5-9(3-4-10(7)12)6-13-8(2)11/h3-5,12H,2,6,11H2,1H3. The van der Waals surface area contributed by atoms with Crippen LogP contribution in [-0.2, 0) is 11.3 Å². The number of phenolic OH excluding ortho intramolecular Hbond substituents is 1. The van der Waals surface area contributed by atoms with Crippen LogP contribution in [0.2, 0.25) is 0 Å². The SMILES string of the molecule is C=C(N)OCc1ccc(O)c(C)c1. The topological polar surface area (TPSA) is 55.5 Å². The highest BCUT2D eigenvalue weighted by Gasteiger charge is 1.98. The van der Waals surface area contributed by atoms with E-state index in [1.165, 1.54) is 0 Å². The lowest BCUT2D eigenvalue weighted by Crippen LogP contribution is -2.00. The number of hydrogen-bond donors (Lipinski definition) is 2. The van der Waals surface area contributed by atoms with Crippen LogP contribution in [0.25, 0.3) is 0 Å². The van der Waals surface area contributed by atoms with Crippen molar-refractivity contribution in [2.24, 2.45) is 5.73 Å². The van der Waals surface area contributed by atoms with Crippen molar-refractivity contribution in [3.63, 3.8) is 0 Å². The molecule has 0 heterocycles. The third-order valence-corrected chi connectivity index (χ3v) is 1.69. The predicted octanol–water partition coefficient (Wildman–Crippen LogP) is 1.65. The Morgan fingerprint density at radius 2 is 2.31 bits per heavy atom. The van der Waals surface area contributed by atoms with Crippen molar-refractivity contribution in [3.8, 4) is 5.75 Å². The van der Waals surface area contributed by atoms with Crippen LogP contribution in [0.5, 0.6) is 5.75 Å². The van der Waals surface area contributed by atoms with Gasteiger partial charge < -0.3 is 15.6 Å². The number of rotatable bonds is 3. The fourth-order valence-electron chi connectivity index (χ4n) is 0.983. The molecule has 1 rings (SSSR count). The lowest BCUT2D eigenvalue weighted by molar-refractivity contribution is 0.197. The van der Waals surface area contributed by atoms with E-state index in [1.807, 2.05) is 13.0 Å². The molecule has 3 heteroatoms. The molecule has 13 heavy (non-hydrogen) atoms. The van der Waals surface area contributed by atoms with Crippen molar-refractivity contribution >= 4 is 0 Å². The second-order valence-corrected chi connectivity index (χ2v) is 2.88. The zero-order valence-corrected chi connectivity index (χ0v) is 7.58. The molecular weight excluding hydrogens is 166 g/mol. The van der Waals surface area contributed by atoms with Gasteiger partial charge in [0.1, 0.15) is 12.4 Å². The average Bonchev–Trinajstić information content (AvgIpc) is 2.07. The van der Waals surface area contributed by atoms with Gasteiger partial charge >= 0.3 is 0 Å². The van der Waals surface area contributed by atoms with E-state index in [-0.39, 0.29) is 11.6 Å². The van der Waals surface area contributed by atoms with Gasteiger partial charge in [0.05, 0.1) is 0 Å². The Bertz CT molecular complexity index is 321. The Morgan fingerprint density at radius 3 is 2.85 bits per heavy atom. The summed E-state index contributed by atoms with van der Waals surface area (Å²) in [4.78, 5) is 0. The Morgan fingerprint density at radius 1 is 1.62 bits per heavy atom. The minimum Gasteiger partial charge on any atom is -0.508 e. The lowest BCUT2D eigenvalue weighted by Gasteiger charge is -2.06. The average molecular weight is 179 g/mol. The summed E-state index contributed by atoms with van der Waals surface area (Å²) < 4.78 is 5.02. The van der Waals surface area contributed by atoms with Crippen LogP contribution in [0, 0.1) is 6.92 Å². The van der Waals surface area contributed by atoms with Crippen molar-refractivity contribution in [2.75, 3.05) is 0 Å². The maximum absolute atomic E-state index is 9.24. The molecule has 0 unspecified atom stereocenters. The molecule has 0 saturated heterocycles. The summed E-state index contributed by atoms with van der Waals surface area (Å²) in [6, 6.07) is 5.26. The number of ether oxygens (including phenoxy) is 1. The molecular formula is C10H13NO2. The molecule has 0 aliphatic heterocycles. The monoisotopic (exact) mass is 179 g/mol. The number of phenols is 1. The van der Waals surface area contributed by atoms with Gasteiger partial charge in [-0.25, -0.2) is 0 Å². The first-order chi connectivity index (χ1) is 6.09. The van der Waals surface area contributed by atoms with E-state index in [9.17, 15) is 5.11 Å². The molecule has 0 amide bonds. The van der Waals surface area contributed by atoms with Gasteiger partial charge in [-0.3, -0.25) is 0 Å². The highest BCUT2D eigenvalue weighted by atomic mass is 16.5. The molecule has 70 valence electrons. The molecule has 0 aliphatic carbocycles. The molecule has 1 aromatic carbocycles. The zero-order valence-electron chi connectivity index (χ0n) is 7.58. The van der Waals surface area contributed by atoms with Gasteiger partial charge in [-0.05, 0) is 36.8 Å². The number of nitrogens with two attached hydrogens (primary N) is 1. The van der Waals surface area contributed by atoms with Crippen LogP contribution in [0.15, 0.2) is 30.7 Å². The van der Waals surface area contributed by atoms with E-state index in [1.54, 1.807) is 12.1 Å². The summed E-state index contributed by atoms with van der Waals surface area (Å²) in [5.74, 6) is 0.487. The Balaban J connectivity index is 2.68. The van der Waals surface area contributed by atoms with E-state index in [0.29, 0.717) is 6.61 Å². The van der Waals surface area contributed by atoms with Crippen LogP contribution < -0.4 is 5.73 Å². The quantitative estimate of drug-likeness (QED) is 0.693. The van der Waals surface area contributed by atoms with E-state index in [2.05, 4.69) is 6.58 Å². The van der Waals surface area contributed by atoms with Gasteiger partial charge in [0, 0.05) is 0 Å². The lowest BCUT2D eigenvalue weighted by atomic mass is 10.1. The fourth-order valence-corrected chi connectivity index (χ4v) is 0.983. The number of aryl methyl sites for hydroxylation is 1. The second kappa shape index (κ2) is 3.85. The minimum atomic E-state index is 0.200. The van der Waals surface area contributed by atoms with Crippen molar-refractivity contribution in [3.05, 3.63) is 41.8 Å². The number of hydrogen-bond acceptors (Lipinski definition) is 3. The van der Waals surface area contributed by atoms with Crippen molar-refractivity contribution in [1.29, 1.82) is 0 Å². The molecule has 1 aromatic rings. The van der Waals surface area contributed by atoms with E-state index >= 15 is 0 Å². The molecule has 0 aromatic heterocycles. The first kappa shape index (κ1) is 9.45. The summed E-state index contributed by atoms with van der Waals surface area (Å²) in [5.41, 5.74) is 7.03. The first-order valence-electron chi connectivity index (χ1n) is 3.95. The third kappa shape index (κ3) is 2.71. The van der Waals surface area contributed by atoms with E-state index in [4.69, 9.17) is 10.5 Å². The van der Waals surface area contributed by atoms with Crippen LogP contribution in [0.1, 0.15) is 11.1 Å². The molecule has 0 radical (unpaired) electrons. The maximum Gasteiger partial charge on any atom is 0.176 e. The van der Waals surface area contributed by atoms with E-state index < -0.39 is 0 Å². The van der Waals surface area contributed by atoms with Crippen LogP contribution in [-0.4, -0.2) is 5.11 Å². The molecule has 3 N–H and O–H groups in total. The smallest absolute Gasteiger partial charge is 0.176 e. The second-order valence-electron chi connectivity index (χ2n) is 2.88. The van der Waals surface area contributed by atoms with Crippen molar-refractivity contribution < 1.29 is 9.84 Å². The third-order valence-electron chi connectivity index (χ3n) is 1.69.